The van der Waals surface area contributed by atoms with Crippen LogP contribution in [-0.2, 0) is 11.3 Å². The van der Waals surface area contributed by atoms with Gasteiger partial charge in [0.1, 0.15) is 11.4 Å². The zero-order valence-corrected chi connectivity index (χ0v) is 15.3. The van der Waals surface area contributed by atoms with Gasteiger partial charge in [-0.3, -0.25) is 15.0 Å². The van der Waals surface area contributed by atoms with Crippen molar-refractivity contribution >= 4 is 11.4 Å². The van der Waals surface area contributed by atoms with Crippen LogP contribution < -0.4 is 9.64 Å². The van der Waals surface area contributed by atoms with Crippen LogP contribution in [0.5, 0.6) is 5.75 Å². The molecular weight excluding hydrogens is 346 g/mol. The molecule has 2 heterocycles. The van der Waals surface area contributed by atoms with E-state index >= 15 is 0 Å². The Morgan fingerprint density at radius 2 is 2.04 bits per heavy atom. The lowest BCUT2D eigenvalue weighted by molar-refractivity contribution is -0.384. The average molecular weight is 369 g/mol. The summed E-state index contributed by atoms with van der Waals surface area (Å²) in [4.78, 5) is 15.6. The minimum absolute atomic E-state index is 0.0493. The molecule has 0 amide bonds. The molecule has 2 fully saturated rings. The summed E-state index contributed by atoms with van der Waals surface area (Å²) in [6, 6.07) is 15.5. The highest BCUT2D eigenvalue weighted by molar-refractivity contribution is 5.66. The summed E-state index contributed by atoms with van der Waals surface area (Å²) in [6.07, 6.45) is 0.0493. The highest BCUT2D eigenvalue weighted by atomic mass is 16.6. The van der Waals surface area contributed by atoms with Gasteiger partial charge < -0.3 is 14.4 Å². The van der Waals surface area contributed by atoms with E-state index in [0.717, 1.165) is 13.1 Å². The summed E-state index contributed by atoms with van der Waals surface area (Å²) >= 11 is 0. The summed E-state index contributed by atoms with van der Waals surface area (Å²) in [5.74, 6) is 0.618. The maximum atomic E-state index is 11.5. The van der Waals surface area contributed by atoms with Gasteiger partial charge in [0, 0.05) is 38.3 Å². The SMILES string of the molecule is COc1ccc([N+](=O)[O-])c(N2C[C@@H]3OCCN(Cc4ccccc4)[C@H]3C2)c1. The minimum Gasteiger partial charge on any atom is -0.497 e. The number of nitro groups is 1. The molecule has 0 bridgehead atoms. The van der Waals surface area contributed by atoms with Crippen LogP contribution in [0.25, 0.3) is 0 Å². The fraction of sp³-hybridized carbons (Fsp3) is 0.400. The molecule has 0 unspecified atom stereocenters. The van der Waals surface area contributed by atoms with Crippen molar-refractivity contribution in [1.29, 1.82) is 0 Å². The molecule has 2 saturated heterocycles. The first-order chi connectivity index (χ1) is 13.2. The zero-order chi connectivity index (χ0) is 18.8. The van der Waals surface area contributed by atoms with Crippen molar-refractivity contribution < 1.29 is 14.4 Å². The summed E-state index contributed by atoms with van der Waals surface area (Å²) in [7, 11) is 1.57. The molecule has 2 aliphatic rings. The Morgan fingerprint density at radius 1 is 1.22 bits per heavy atom. The van der Waals surface area contributed by atoms with Crippen LogP contribution in [0, 0.1) is 10.1 Å². The van der Waals surface area contributed by atoms with E-state index in [1.54, 1.807) is 19.2 Å². The van der Waals surface area contributed by atoms with Crippen LogP contribution in [-0.4, -0.2) is 55.3 Å². The largest absolute Gasteiger partial charge is 0.497 e. The molecule has 7 heteroatoms. The van der Waals surface area contributed by atoms with E-state index in [2.05, 4.69) is 21.9 Å². The quantitative estimate of drug-likeness (QED) is 0.596. The number of nitro benzene ring substituents is 1. The van der Waals surface area contributed by atoms with Crippen molar-refractivity contribution in [2.75, 3.05) is 38.3 Å². The fourth-order valence-corrected chi connectivity index (χ4v) is 4.01. The Balaban J connectivity index is 1.57. The lowest BCUT2D eigenvalue weighted by Gasteiger charge is -2.36. The van der Waals surface area contributed by atoms with Crippen LogP contribution in [0.2, 0.25) is 0 Å². The molecule has 0 aromatic heterocycles. The number of benzene rings is 2. The normalized spacial score (nSPS) is 22.5. The van der Waals surface area contributed by atoms with Gasteiger partial charge in [0.05, 0.1) is 30.8 Å². The third-order valence-corrected chi connectivity index (χ3v) is 5.36. The fourth-order valence-electron chi connectivity index (χ4n) is 4.01. The summed E-state index contributed by atoms with van der Waals surface area (Å²) in [6.45, 7) is 3.75. The molecule has 0 spiro atoms. The molecular formula is C20H23N3O4. The second-order valence-corrected chi connectivity index (χ2v) is 6.95. The molecule has 142 valence electrons. The molecule has 2 aliphatic heterocycles. The van der Waals surface area contributed by atoms with Crippen LogP contribution in [0.3, 0.4) is 0 Å². The van der Waals surface area contributed by atoms with E-state index in [1.165, 1.54) is 11.6 Å². The molecule has 7 nitrogen and oxygen atoms in total. The van der Waals surface area contributed by atoms with Crippen molar-refractivity contribution in [1.82, 2.24) is 4.90 Å². The molecule has 2 aromatic rings. The van der Waals surface area contributed by atoms with Crippen LogP contribution in [0.15, 0.2) is 48.5 Å². The predicted molar refractivity (Wildman–Crippen MR) is 102 cm³/mol. The standard InChI is InChI=1S/C20H23N3O4/c1-26-16-7-8-17(23(24)25)18(11-16)22-13-19-20(14-22)27-10-9-21(19)12-15-5-3-2-4-6-15/h2-8,11,19-20H,9-10,12-14H2,1H3/t19-,20-/m0/s1. The predicted octanol–water partition coefficient (Wildman–Crippen LogP) is 2.69. The Morgan fingerprint density at radius 3 is 2.78 bits per heavy atom. The maximum Gasteiger partial charge on any atom is 0.292 e. The first-order valence-electron chi connectivity index (χ1n) is 9.12. The van der Waals surface area contributed by atoms with Gasteiger partial charge in [0.2, 0.25) is 0 Å². The highest BCUT2D eigenvalue weighted by Gasteiger charge is 2.41. The highest BCUT2D eigenvalue weighted by Crippen LogP contribution is 2.36. The number of methoxy groups -OCH3 is 1. The number of hydrogen-bond acceptors (Lipinski definition) is 6. The van der Waals surface area contributed by atoms with E-state index in [1.807, 2.05) is 18.2 Å². The molecule has 4 rings (SSSR count). The molecule has 27 heavy (non-hydrogen) atoms. The first-order valence-corrected chi connectivity index (χ1v) is 9.12. The maximum absolute atomic E-state index is 11.5. The second kappa shape index (κ2) is 7.54. The van der Waals surface area contributed by atoms with Crippen molar-refractivity contribution in [2.45, 2.75) is 18.7 Å². The van der Waals surface area contributed by atoms with Gasteiger partial charge in [-0.2, -0.15) is 0 Å². The topological polar surface area (TPSA) is 68.1 Å². The van der Waals surface area contributed by atoms with Crippen LogP contribution in [0.4, 0.5) is 11.4 Å². The Labute approximate surface area is 158 Å². The lowest BCUT2D eigenvalue weighted by atomic mass is 10.1. The molecule has 0 aliphatic carbocycles. The summed E-state index contributed by atoms with van der Waals surface area (Å²) in [5.41, 5.74) is 1.96. The summed E-state index contributed by atoms with van der Waals surface area (Å²) in [5, 5.41) is 11.5. The van der Waals surface area contributed by atoms with E-state index in [0.29, 0.717) is 31.1 Å². The van der Waals surface area contributed by atoms with Gasteiger partial charge in [0.15, 0.2) is 0 Å². The average Bonchev–Trinajstić information content (AvgIpc) is 3.13. The van der Waals surface area contributed by atoms with Crippen molar-refractivity contribution in [2.24, 2.45) is 0 Å². The van der Waals surface area contributed by atoms with Crippen molar-refractivity contribution in [3.05, 3.63) is 64.2 Å². The number of rotatable bonds is 5. The lowest BCUT2D eigenvalue weighted by Crippen LogP contribution is -2.50. The van der Waals surface area contributed by atoms with Gasteiger partial charge in [0.25, 0.3) is 5.69 Å². The third-order valence-electron chi connectivity index (χ3n) is 5.36. The van der Waals surface area contributed by atoms with Gasteiger partial charge in [-0.1, -0.05) is 30.3 Å². The van der Waals surface area contributed by atoms with Gasteiger partial charge in [-0.15, -0.1) is 0 Å². The first kappa shape index (κ1) is 17.8. The van der Waals surface area contributed by atoms with Crippen molar-refractivity contribution in [3.63, 3.8) is 0 Å². The second-order valence-electron chi connectivity index (χ2n) is 6.95. The molecule has 0 N–H and O–H groups in total. The van der Waals surface area contributed by atoms with E-state index in [4.69, 9.17) is 9.47 Å². The number of ether oxygens (including phenoxy) is 2. The smallest absolute Gasteiger partial charge is 0.292 e. The van der Waals surface area contributed by atoms with Gasteiger partial charge in [-0.05, 0) is 11.6 Å². The van der Waals surface area contributed by atoms with Crippen molar-refractivity contribution in [3.8, 4) is 5.75 Å². The number of anilines is 1. The zero-order valence-electron chi connectivity index (χ0n) is 15.3. The van der Waals surface area contributed by atoms with Gasteiger partial charge >= 0.3 is 0 Å². The Bertz CT molecular complexity index is 814. The molecule has 2 aromatic carbocycles. The Kier molecular flexibility index (Phi) is 4.96. The minimum atomic E-state index is -0.334. The van der Waals surface area contributed by atoms with Crippen LogP contribution >= 0.6 is 0 Å². The Hall–Kier alpha value is -2.64. The monoisotopic (exact) mass is 369 g/mol. The number of morpholine rings is 1. The van der Waals surface area contributed by atoms with Crippen LogP contribution in [0.1, 0.15) is 5.56 Å². The number of fused-ring (bicyclic) bond motifs is 1. The van der Waals surface area contributed by atoms with E-state index < -0.39 is 0 Å². The molecule has 2 atom stereocenters. The molecule has 0 saturated carbocycles. The summed E-state index contributed by atoms with van der Waals surface area (Å²) < 4.78 is 11.3. The molecule has 0 radical (unpaired) electrons. The van der Waals surface area contributed by atoms with Gasteiger partial charge in [-0.25, -0.2) is 0 Å². The third kappa shape index (κ3) is 3.61. The number of nitrogens with zero attached hydrogens (tertiary/aromatic N) is 3. The number of hydrogen-bond donors (Lipinski definition) is 0. The van der Waals surface area contributed by atoms with E-state index in [-0.39, 0.29) is 22.8 Å². The van der Waals surface area contributed by atoms with E-state index in [9.17, 15) is 10.1 Å².